The van der Waals surface area contributed by atoms with Crippen LogP contribution in [0.4, 0.5) is 10.5 Å². The molecule has 1 unspecified atom stereocenters. The number of nitrogens with one attached hydrogen (secondary N) is 2. The second kappa shape index (κ2) is 5.81. The third kappa shape index (κ3) is 3.12. The van der Waals surface area contributed by atoms with Crippen molar-refractivity contribution in [2.45, 2.75) is 25.3 Å². The summed E-state index contributed by atoms with van der Waals surface area (Å²) in [4.78, 5) is 12.1. The Hall–Kier alpha value is -2.34. The van der Waals surface area contributed by atoms with E-state index in [-0.39, 0.29) is 12.6 Å². The molecule has 1 aromatic carbocycles. The standard InChI is InChI=1S/C16H20N4O2/c1-16(11-21,12-3-4-12)19-15(22)18-13-5-7-14(8-6-13)20-10-2-9-17-20/h2,5-10,12,21H,3-4,11H2,1H3,(H2,18,19,22). The Kier molecular flexibility index (Phi) is 3.85. The molecule has 116 valence electrons. The van der Waals surface area contributed by atoms with Crippen molar-refractivity contribution in [1.82, 2.24) is 15.1 Å². The molecule has 0 spiro atoms. The van der Waals surface area contributed by atoms with Crippen molar-refractivity contribution in [3.05, 3.63) is 42.7 Å². The second-order valence-electron chi connectivity index (χ2n) is 5.93. The molecule has 3 rings (SSSR count). The predicted molar refractivity (Wildman–Crippen MR) is 83.9 cm³/mol. The first-order valence-electron chi connectivity index (χ1n) is 7.41. The van der Waals surface area contributed by atoms with Crippen LogP contribution in [0.5, 0.6) is 0 Å². The van der Waals surface area contributed by atoms with E-state index in [1.54, 1.807) is 10.9 Å². The zero-order valence-corrected chi connectivity index (χ0v) is 12.5. The monoisotopic (exact) mass is 300 g/mol. The highest BCUT2D eigenvalue weighted by Crippen LogP contribution is 2.39. The van der Waals surface area contributed by atoms with Crippen LogP contribution in [0.1, 0.15) is 19.8 Å². The molecule has 0 bridgehead atoms. The summed E-state index contributed by atoms with van der Waals surface area (Å²) in [5, 5.41) is 19.3. The van der Waals surface area contributed by atoms with Crippen molar-refractivity contribution in [1.29, 1.82) is 0 Å². The largest absolute Gasteiger partial charge is 0.394 e. The molecule has 6 heteroatoms. The number of aliphatic hydroxyl groups excluding tert-OH is 1. The second-order valence-corrected chi connectivity index (χ2v) is 5.93. The van der Waals surface area contributed by atoms with Crippen molar-refractivity contribution in [3.8, 4) is 5.69 Å². The fourth-order valence-corrected chi connectivity index (χ4v) is 2.53. The zero-order chi connectivity index (χ0) is 15.6. The van der Waals surface area contributed by atoms with Crippen LogP contribution >= 0.6 is 0 Å². The smallest absolute Gasteiger partial charge is 0.319 e. The maximum atomic E-state index is 12.1. The van der Waals surface area contributed by atoms with Gasteiger partial charge in [0.25, 0.3) is 0 Å². The van der Waals surface area contributed by atoms with E-state index >= 15 is 0 Å². The highest BCUT2D eigenvalue weighted by molar-refractivity contribution is 5.89. The van der Waals surface area contributed by atoms with Crippen LogP contribution in [-0.4, -0.2) is 33.1 Å². The number of aliphatic hydroxyl groups is 1. The molecule has 3 N–H and O–H groups in total. The average Bonchev–Trinajstić information content (AvgIpc) is 3.24. The minimum absolute atomic E-state index is 0.0523. The van der Waals surface area contributed by atoms with Gasteiger partial charge in [-0.2, -0.15) is 5.10 Å². The van der Waals surface area contributed by atoms with Gasteiger partial charge in [-0.3, -0.25) is 0 Å². The average molecular weight is 300 g/mol. The first-order chi connectivity index (χ1) is 10.6. The number of amides is 2. The van der Waals surface area contributed by atoms with Gasteiger partial charge < -0.3 is 15.7 Å². The molecule has 0 radical (unpaired) electrons. The number of nitrogens with zero attached hydrogens (tertiary/aromatic N) is 2. The van der Waals surface area contributed by atoms with Gasteiger partial charge in [0.05, 0.1) is 17.8 Å². The number of urea groups is 1. The van der Waals surface area contributed by atoms with E-state index < -0.39 is 5.54 Å². The van der Waals surface area contributed by atoms with Gasteiger partial charge in [0.1, 0.15) is 0 Å². The normalized spacial score (nSPS) is 16.8. The number of anilines is 1. The summed E-state index contributed by atoms with van der Waals surface area (Å²) in [6.45, 7) is 1.83. The first-order valence-corrected chi connectivity index (χ1v) is 7.41. The molecule has 2 aromatic rings. The molecule has 0 saturated heterocycles. The van der Waals surface area contributed by atoms with Gasteiger partial charge in [-0.1, -0.05) is 0 Å². The van der Waals surface area contributed by atoms with Crippen LogP contribution in [0, 0.1) is 5.92 Å². The quantitative estimate of drug-likeness (QED) is 0.791. The summed E-state index contributed by atoms with van der Waals surface area (Å²) in [7, 11) is 0. The van der Waals surface area contributed by atoms with E-state index in [1.807, 2.05) is 43.5 Å². The SMILES string of the molecule is CC(CO)(NC(=O)Nc1ccc(-n2cccn2)cc1)C1CC1. The molecule has 1 atom stereocenters. The van der Waals surface area contributed by atoms with E-state index in [0.717, 1.165) is 18.5 Å². The predicted octanol–water partition coefficient (Wildman–Crippen LogP) is 2.15. The van der Waals surface area contributed by atoms with Gasteiger partial charge in [0.2, 0.25) is 0 Å². The summed E-state index contributed by atoms with van der Waals surface area (Å²) in [5.74, 6) is 0.366. The molecule has 6 nitrogen and oxygen atoms in total. The Balaban J connectivity index is 1.62. The highest BCUT2D eigenvalue weighted by Gasteiger charge is 2.42. The molecule has 1 fully saturated rings. The van der Waals surface area contributed by atoms with Crippen LogP contribution in [0.3, 0.4) is 0 Å². The third-order valence-corrected chi connectivity index (χ3v) is 4.10. The fourth-order valence-electron chi connectivity index (χ4n) is 2.53. The van der Waals surface area contributed by atoms with Crippen LogP contribution in [0.2, 0.25) is 0 Å². The number of benzene rings is 1. The molecule has 1 heterocycles. The van der Waals surface area contributed by atoms with E-state index in [0.29, 0.717) is 11.6 Å². The molecule has 1 saturated carbocycles. The minimum Gasteiger partial charge on any atom is -0.394 e. The lowest BCUT2D eigenvalue weighted by atomic mass is 9.97. The Morgan fingerprint density at radius 1 is 1.41 bits per heavy atom. The number of hydrogen-bond acceptors (Lipinski definition) is 3. The van der Waals surface area contributed by atoms with Crippen molar-refractivity contribution in [2.24, 2.45) is 5.92 Å². The van der Waals surface area contributed by atoms with Gasteiger partial charge in [-0.05, 0) is 56.0 Å². The highest BCUT2D eigenvalue weighted by atomic mass is 16.3. The molecule has 22 heavy (non-hydrogen) atoms. The van der Waals surface area contributed by atoms with Crippen LogP contribution < -0.4 is 10.6 Å². The summed E-state index contributed by atoms with van der Waals surface area (Å²) in [6, 6.07) is 8.97. The maximum Gasteiger partial charge on any atom is 0.319 e. The van der Waals surface area contributed by atoms with E-state index in [1.165, 1.54) is 0 Å². The Morgan fingerprint density at radius 2 is 2.14 bits per heavy atom. The van der Waals surface area contributed by atoms with Crippen molar-refractivity contribution in [3.63, 3.8) is 0 Å². The van der Waals surface area contributed by atoms with Gasteiger partial charge in [-0.15, -0.1) is 0 Å². The Bertz CT molecular complexity index is 635. The number of hydrogen-bond donors (Lipinski definition) is 3. The van der Waals surface area contributed by atoms with E-state index in [4.69, 9.17) is 0 Å². The van der Waals surface area contributed by atoms with E-state index in [2.05, 4.69) is 15.7 Å². The van der Waals surface area contributed by atoms with Crippen molar-refractivity contribution < 1.29 is 9.90 Å². The van der Waals surface area contributed by atoms with Crippen molar-refractivity contribution >= 4 is 11.7 Å². The van der Waals surface area contributed by atoms with E-state index in [9.17, 15) is 9.90 Å². The molecule has 2 amide bonds. The number of rotatable bonds is 5. The molecule has 1 aromatic heterocycles. The van der Waals surface area contributed by atoms with Gasteiger partial charge in [0.15, 0.2) is 0 Å². The molecular weight excluding hydrogens is 280 g/mol. The zero-order valence-electron chi connectivity index (χ0n) is 12.5. The van der Waals surface area contributed by atoms with Crippen molar-refractivity contribution in [2.75, 3.05) is 11.9 Å². The topological polar surface area (TPSA) is 79.2 Å². The lowest BCUT2D eigenvalue weighted by Crippen LogP contribution is -2.52. The summed E-state index contributed by atoms with van der Waals surface area (Å²) in [6.07, 6.45) is 5.68. The third-order valence-electron chi connectivity index (χ3n) is 4.10. The Morgan fingerprint density at radius 3 is 2.68 bits per heavy atom. The summed E-state index contributed by atoms with van der Waals surface area (Å²) >= 11 is 0. The van der Waals surface area contributed by atoms with Crippen LogP contribution in [-0.2, 0) is 0 Å². The van der Waals surface area contributed by atoms with Crippen LogP contribution in [0.25, 0.3) is 5.69 Å². The fraction of sp³-hybridized carbons (Fsp3) is 0.375. The van der Waals surface area contributed by atoms with Gasteiger partial charge in [0, 0.05) is 18.1 Å². The maximum absolute atomic E-state index is 12.1. The Labute approximate surface area is 129 Å². The van der Waals surface area contributed by atoms with Gasteiger partial charge >= 0.3 is 6.03 Å². The molecule has 0 aliphatic heterocycles. The number of carbonyl (C=O) groups is 1. The lowest BCUT2D eigenvalue weighted by Gasteiger charge is -2.28. The van der Waals surface area contributed by atoms with Gasteiger partial charge in [-0.25, -0.2) is 9.48 Å². The molecule has 1 aliphatic carbocycles. The lowest BCUT2D eigenvalue weighted by molar-refractivity contribution is 0.159. The minimum atomic E-state index is -0.543. The molecule has 1 aliphatic rings. The summed E-state index contributed by atoms with van der Waals surface area (Å²) in [5.41, 5.74) is 1.08. The van der Waals surface area contributed by atoms with Crippen LogP contribution in [0.15, 0.2) is 42.7 Å². The number of aromatic nitrogens is 2. The summed E-state index contributed by atoms with van der Waals surface area (Å²) < 4.78 is 1.75. The molecular formula is C16H20N4O2. The first kappa shape index (κ1) is 14.6. The number of carbonyl (C=O) groups excluding carboxylic acids is 1.